The van der Waals surface area contributed by atoms with Gasteiger partial charge in [-0.2, -0.15) is 0 Å². The minimum absolute atomic E-state index is 0.109. The number of pyridine rings is 1. The summed E-state index contributed by atoms with van der Waals surface area (Å²) in [6.45, 7) is 0.415. The first-order valence-corrected chi connectivity index (χ1v) is 8.26. The van der Waals surface area contributed by atoms with Gasteiger partial charge in [0, 0.05) is 18.4 Å². The van der Waals surface area contributed by atoms with Crippen molar-refractivity contribution in [3.63, 3.8) is 0 Å². The molecule has 5 nitrogen and oxygen atoms in total. The molecule has 1 fully saturated rings. The largest absolute Gasteiger partial charge is 0.335 e. The Bertz CT molecular complexity index is 647. The van der Waals surface area contributed by atoms with Crippen LogP contribution in [0.5, 0.6) is 0 Å². The van der Waals surface area contributed by atoms with Gasteiger partial charge in [-0.15, -0.1) is 0 Å². The Morgan fingerprint density at radius 3 is 2.77 bits per heavy atom. The highest BCUT2D eigenvalue weighted by Crippen LogP contribution is 2.17. The van der Waals surface area contributed by atoms with Gasteiger partial charge in [0.15, 0.2) is 0 Å². The van der Waals surface area contributed by atoms with Crippen LogP contribution in [0.1, 0.15) is 44.2 Å². The fourth-order valence-electron chi connectivity index (χ4n) is 2.93. The average Bonchev–Trinajstić information content (AvgIpc) is 2.72. The molecule has 0 aromatic carbocycles. The third-order valence-corrected chi connectivity index (χ3v) is 4.31. The van der Waals surface area contributed by atoms with Crippen LogP contribution in [0.2, 0.25) is 5.02 Å². The van der Waals surface area contributed by atoms with Crippen LogP contribution in [0.4, 0.5) is 4.79 Å². The Hall–Kier alpha value is -1.75. The van der Waals surface area contributed by atoms with Crippen molar-refractivity contribution in [2.24, 2.45) is 0 Å². The molecule has 1 aliphatic carbocycles. The quantitative estimate of drug-likeness (QED) is 0.850. The minimum Gasteiger partial charge on any atom is -0.335 e. The fraction of sp³-hybridized carbons (Fsp3) is 0.500. The maximum Gasteiger partial charge on any atom is 0.315 e. The van der Waals surface area contributed by atoms with E-state index in [-0.39, 0.29) is 6.03 Å². The molecular weight excluding hydrogens is 300 g/mol. The number of carbonyl (C=O) groups excluding carboxylic acids is 1. The number of hydrogen-bond donors (Lipinski definition) is 2. The molecule has 2 aromatic heterocycles. The summed E-state index contributed by atoms with van der Waals surface area (Å²) in [6, 6.07) is 3.86. The third kappa shape index (κ3) is 3.91. The average molecular weight is 321 g/mol. The molecule has 2 amide bonds. The molecule has 3 rings (SSSR count). The molecule has 2 heterocycles. The molecule has 1 aliphatic rings. The number of amides is 2. The van der Waals surface area contributed by atoms with E-state index in [0.717, 1.165) is 24.2 Å². The lowest BCUT2D eigenvalue weighted by atomic mass is 10.1. The molecule has 1 saturated carbocycles. The smallest absolute Gasteiger partial charge is 0.315 e. The van der Waals surface area contributed by atoms with Gasteiger partial charge < -0.3 is 15.0 Å². The van der Waals surface area contributed by atoms with Crippen molar-refractivity contribution < 1.29 is 4.79 Å². The lowest BCUT2D eigenvalue weighted by Gasteiger charge is -2.16. The zero-order chi connectivity index (χ0) is 15.4. The lowest BCUT2D eigenvalue weighted by Crippen LogP contribution is -2.41. The molecule has 2 aromatic rings. The number of imidazole rings is 1. The summed E-state index contributed by atoms with van der Waals surface area (Å²) in [7, 11) is 0. The Kier molecular flexibility index (Phi) is 4.83. The summed E-state index contributed by atoms with van der Waals surface area (Å²) in [6.07, 6.45) is 10.8. The highest BCUT2D eigenvalue weighted by atomic mass is 35.5. The number of nitrogens with zero attached hydrogens (tertiary/aromatic N) is 2. The van der Waals surface area contributed by atoms with Crippen LogP contribution in [0.15, 0.2) is 24.5 Å². The minimum atomic E-state index is -0.109. The van der Waals surface area contributed by atoms with E-state index >= 15 is 0 Å². The number of fused-ring (bicyclic) bond motifs is 1. The van der Waals surface area contributed by atoms with Crippen LogP contribution in [-0.2, 0) is 6.54 Å². The molecule has 22 heavy (non-hydrogen) atoms. The molecule has 2 N–H and O–H groups in total. The second kappa shape index (κ2) is 7.01. The molecule has 118 valence electrons. The number of halogens is 1. The third-order valence-electron chi connectivity index (χ3n) is 4.09. The molecule has 0 radical (unpaired) electrons. The molecule has 0 spiro atoms. The second-order valence-electron chi connectivity index (χ2n) is 5.86. The van der Waals surface area contributed by atoms with E-state index in [4.69, 9.17) is 11.6 Å². The monoisotopic (exact) mass is 320 g/mol. The van der Waals surface area contributed by atoms with Crippen LogP contribution in [0.3, 0.4) is 0 Å². The van der Waals surface area contributed by atoms with Crippen molar-refractivity contribution in [1.29, 1.82) is 0 Å². The number of nitrogens with one attached hydrogen (secondary N) is 2. The first kappa shape index (κ1) is 15.2. The van der Waals surface area contributed by atoms with Crippen LogP contribution in [-0.4, -0.2) is 21.5 Å². The molecule has 0 bridgehead atoms. The number of urea groups is 1. The second-order valence-corrected chi connectivity index (χ2v) is 6.30. The molecular formula is C16H21ClN4O. The SMILES string of the molecule is O=C(NCc1cn2cc(Cl)ccc2n1)NC1CCCCCC1. The molecule has 0 unspecified atom stereocenters. The normalized spacial score (nSPS) is 16.4. The van der Waals surface area contributed by atoms with Crippen molar-refractivity contribution in [3.05, 3.63) is 35.2 Å². The van der Waals surface area contributed by atoms with Crippen molar-refractivity contribution in [2.45, 2.75) is 51.1 Å². The van der Waals surface area contributed by atoms with Gasteiger partial charge in [0.2, 0.25) is 0 Å². The van der Waals surface area contributed by atoms with E-state index in [2.05, 4.69) is 15.6 Å². The Balaban J connectivity index is 1.53. The summed E-state index contributed by atoms with van der Waals surface area (Å²) in [4.78, 5) is 16.4. The number of aromatic nitrogens is 2. The predicted octanol–water partition coefficient (Wildman–Crippen LogP) is 3.51. The molecule has 0 aliphatic heterocycles. The highest BCUT2D eigenvalue weighted by Gasteiger charge is 2.14. The Morgan fingerprint density at radius 1 is 1.23 bits per heavy atom. The summed E-state index contributed by atoms with van der Waals surface area (Å²) in [5, 5.41) is 6.61. The summed E-state index contributed by atoms with van der Waals surface area (Å²) in [5.74, 6) is 0. The maximum absolute atomic E-state index is 12.0. The standard InChI is InChI=1S/C16H21ClN4O/c17-12-7-8-15-19-14(11-21(15)10-12)9-18-16(22)20-13-5-3-1-2-4-6-13/h7-8,10-11,13H,1-6,9H2,(H2,18,20,22). The van der Waals surface area contributed by atoms with Gasteiger partial charge in [-0.1, -0.05) is 37.3 Å². The first-order valence-electron chi connectivity index (χ1n) is 7.88. The van der Waals surface area contributed by atoms with Crippen LogP contribution >= 0.6 is 11.6 Å². The van der Waals surface area contributed by atoms with Crippen LogP contribution in [0.25, 0.3) is 5.65 Å². The summed E-state index contributed by atoms with van der Waals surface area (Å²) in [5.41, 5.74) is 1.64. The zero-order valence-electron chi connectivity index (χ0n) is 12.5. The molecule has 0 atom stereocenters. The highest BCUT2D eigenvalue weighted by molar-refractivity contribution is 6.30. The van der Waals surface area contributed by atoms with Gasteiger partial charge in [0.25, 0.3) is 0 Å². The van der Waals surface area contributed by atoms with Gasteiger partial charge in [-0.3, -0.25) is 0 Å². The topological polar surface area (TPSA) is 58.4 Å². The van der Waals surface area contributed by atoms with E-state index in [0.29, 0.717) is 17.6 Å². The lowest BCUT2D eigenvalue weighted by molar-refractivity contribution is 0.235. The predicted molar refractivity (Wildman–Crippen MR) is 87.1 cm³/mol. The van der Waals surface area contributed by atoms with Gasteiger partial charge in [0.1, 0.15) is 5.65 Å². The Morgan fingerprint density at radius 2 is 2.00 bits per heavy atom. The van der Waals surface area contributed by atoms with Gasteiger partial charge in [-0.25, -0.2) is 9.78 Å². The maximum atomic E-state index is 12.0. The van der Waals surface area contributed by atoms with E-state index in [9.17, 15) is 4.79 Å². The summed E-state index contributed by atoms with van der Waals surface area (Å²) >= 11 is 5.95. The zero-order valence-corrected chi connectivity index (χ0v) is 13.3. The Labute approximate surface area is 135 Å². The van der Waals surface area contributed by atoms with Gasteiger partial charge >= 0.3 is 6.03 Å². The number of rotatable bonds is 3. The van der Waals surface area contributed by atoms with Crippen molar-refractivity contribution in [3.8, 4) is 0 Å². The van der Waals surface area contributed by atoms with E-state index < -0.39 is 0 Å². The first-order chi connectivity index (χ1) is 10.7. The van der Waals surface area contributed by atoms with Crippen LogP contribution < -0.4 is 10.6 Å². The van der Waals surface area contributed by atoms with Crippen molar-refractivity contribution >= 4 is 23.3 Å². The number of carbonyl (C=O) groups is 1. The molecule has 0 saturated heterocycles. The van der Waals surface area contributed by atoms with Crippen molar-refractivity contribution in [1.82, 2.24) is 20.0 Å². The van der Waals surface area contributed by atoms with E-state index in [1.807, 2.05) is 16.7 Å². The summed E-state index contributed by atoms with van der Waals surface area (Å²) < 4.78 is 1.86. The number of hydrogen-bond acceptors (Lipinski definition) is 2. The van der Waals surface area contributed by atoms with Gasteiger partial charge in [0.05, 0.1) is 17.3 Å². The van der Waals surface area contributed by atoms with E-state index in [1.165, 1.54) is 25.7 Å². The van der Waals surface area contributed by atoms with Crippen LogP contribution in [0, 0.1) is 0 Å². The van der Waals surface area contributed by atoms with E-state index in [1.54, 1.807) is 12.3 Å². The van der Waals surface area contributed by atoms with Gasteiger partial charge in [-0.05, 0) is 25.0 Å². The molecule has 6 heteroatoms. The van der Waals surface area contributed by atoms with Crippen molar-refractivity contribution in [2.75, 3.05) is 0 Å². The fourth-order valence-corrected chi connectivity index (χ4v) is 3.10.